The molecular formula is C16H13FN2O. The Hall–Kier alpha value is -2.67. The average Bonchev–Trinajstić information content (AvgIpc) is 2.46. The minimum absolute atomic E-state index is 0.116. The van der Waals surface area contributed by atoms with Crippen molar-refractivity contribution in [2.24, 2.45) is 0 Å². The Morgan fingerprint density at radius 3 is 2.70 bits per heavy atom. The molecule has 0 atom stereocenters. The Balaban J connectivity index is 2.14. The van der Waals surface area contributed by atoms with Gasteiger partial charge in [0.05, 0.1) is 18.1 Å². The Kier molecular flexibility index (Phi) is 4.11. The second-order valence-corrected chi connectivity index (χ2v) is 4.42. The molecule has 0 N–H and O–H groups in total. The third-order valence-corrected chi connectivity index (χ3v) is 2.98. The van der Waals surface area contributed by atoms with Crippen LogP contribution in [0.25, 0.3) is 0 Å². The molecule has 0 bridgehead atoms. The molecule has 0 spiro atoms. The lowest BCUT2D eigenvalue weighted by Gasteiger charge is -2.17. The van der Waals surface area contributed by atoms with E-state index in [1.165, 1.54) is 17.0 Å². The molecule has 2 aromatic carbocycles. The van der Waals surface area contributed by atoms with Gasteiger partial charge in [-0.15, -0.1) is 0 Å². The minimum atomic E-state index is -0.357. The zero-order valence-electron chi connectivity index (χ0n) is 11.0. The molecule has 0 saturated carbocycles. The fourth-order valence-corrected chi connectivity index (χ4v) is 1.87. The number of anilines is 1. The van der Waals surface area contributed by atoms with Gasteiger partial charge in [-0.2, -0.15) is 5.26 Å². The summed E-state index contributed by atoms with van der Waals surface area (Å²) in [5, 5.41) is 8.85. The van der Waals surface area contributed by atoms with Crippen molar-refractivity contribution in [3.8, 4) is 6.07 Å². The molecule has 0 aliphatic heterocycles. The number of carbonyl (C=O) groups is 1. The van der Waals surface area contributed by atoms with E-state index in [1.54, 1.807) is 43.4 Å². The molecule has 2 rings (SSSR count). The highest BCUT2D eigenvalue weighted by atomic mass is 19.1. The third kappa shape index (κ3) is 3.21. The Bertz CT molecular complexity index is 676. The number of nitriles is 1. The van der Waals surface area contributed by atoms with Crippen LogP contribution in [0.2, 0.25) is 0 Å². The summed E-state index contributed by atoms with van der Waals surface area (Å²) in [6.07, 6.45) is 0.116. The van der Waals surface area contributed by atoms with Crippen LogP contribution in [0.3, 0.4) is 0 Å². The van der Waals surface area contributed by atoms with Gasteiger partial charge in [0.2, 0.25) is 5.91 Å². The molecule has 1 amide bonds. The first-order valence-corrected chi connectivity index (χ1v) is 6.11. The molecule has 0 radical (unpaired) electrons. The summed E-state index contributed by atoms with van der Waals surface area (Å²) >= 11 is 0. The van der Waals surface area contributed by atoms with Crippen LogP contribution in [-0.2, 0) is 11.2 Å². The Morgan fingerprint density at radius 2 is 2.00 bits per heavy atom. The van der Waals surface area contributed by atoms with Crippen LogP contribution in [0.1, 0.15) is 11.1 Å². The summed E-state index contributed by atoms with van der Waals surface area (Å²) in [4.78, 5) is 13.6. The second kappa shape index (κ2) is 5.98. The molecule has 0 heterocycles. The van der Waals surface area contributed by atoms with Crippen molar-refractivity contribution in [3.05, 3.63) is 65.5 Å². The molecule has 4 heteroatoms. The first kappa shape index (κ1) is 13.8. The first-order valence-electron chi connectivity index (χ1n) is 6.11. The number of likely N-dealkylation sites (N-methyl/N-ethyl adjacent to an activating group) is 1. The predicted molar refractivity (Wildman–Crippen MR) is 74.7 cm³/mol. The maximum Gasteiger partial charge on any atom is 0.231 e. The highest BCUT2D eigenvalue weighted by Gasteiger charge is 2.12. The van der Waals surface area contributed by atoms with E-state index in [1.807, 2.05) is 6.07 Å². The van der Waals surface area contributed by atoms with E-state index in [2.05, 4.69) is 0 Å². The van der Waals surface area contributed by atoms with Gasteiger partial charge in [0.1, 0.15) is 5.82 Å². The maximum atomic E-state index is 13.1. The van der Waals surface area contributed by atoms with Gasteiger partial charge in [0.25, 0.3) is 0 Å². The van der Waals surface area contributed by atoms with Gasteiger partial charge < -0.3 is 4.90 Å². The standard InChI is InChI=1S/C16H13FN2O/c1-19(15-7-3-5-13(9-15)11-18)16(20)10-12-4-2-6-14(17)8-12/h2-9H,10H2,1H3. The van der Waals surface area contributed by atoms with E-state index in [-0.39, 0.29) is 18.1 Å². The van der Waals surface area contributed by atoms with Gasteiger partial charge >= 0.3 is 0 Å². The van der Waals surface area contributed by atoms with Gasteiger partial charge in [-0.3, -0.25) is 4.79 Å². The minimum Gasteiger partial charge on any atom is -0.315 e. The zero-order chi connectivity index (χ0) is 14.5. The van der Waals surface area contributed by atoms with Crippen LogP contribution in [-0.4, -0.2) is 13.0 Å². The van der Waals surface area contributed by atoms with Crippen LogP contribution < -0.4 is 4.90 Å². The van der Waals surface area contributed by atoms with Crippen molar-refractivity contribution in [2.75, 3.05) is 11.9 Å². The van der Waals surface area contributed by atoms with Crippen molar-refractivity contribution in [2.45, 2.75) is 6.42 Å². The summed E-state index contributed by atoms with van der Waals surface area (Å²) in [6.45, 7) is 0. The number of benzene rings is 2. The molecule has 0 aliphatic rings. The van der Waals surface area contributed by atoms with E-state index in [4.69, 9.17) is 5.26 Å². The van der Waals surface area contributed by atoms with Crippen LogP contribution in [0, 0.1) is 17.1 Å². The second-order valence-electron chi connectivity index (χ2n) is 4.42. The average molecular weight is 268 g/mol. The number of amides is 1. The topological polar surface area (TPSA) is 44.1 Å². The monoisotopic (exact) mass is 268 g/mol. The molecule has 20 heavy (non-hydrogen) atoms. The molecule has 0 fully saturated rings. The predicted octanol–water partition coefficient (Wildman–Crippen LogP) is 2.90. The smallest absolute Gasteiger partial charge is 0.231 e. The summed E-state index contributed by atoms with van der Waals surface area (Å²) < 4.78 is 13.1. The number of hydrogen-bond acceptors (Lipinski definition) is 2. The molecule has 3 nitrogen and oxygen atoms in total. The SMILES string of the molecule is CN(C(=O)Cc1cccc(F)c1)c1cccc(C#N)c1. The van der Waals surface area contributed by atoms with Crippen LogP contribution in [0.5, 0.6) is 0 Å². The van der Waals surface area contributed by atoms with Crippen molar-refractivity contribution in [1.29, 1.82) is 5.26 Å². The summed E-state index contributed by atoms with van der Waals surface area (Å²) in [6, 6.07) is 14.8. The number of carbonyl (C=O) groups excluding carboxylic acids is 1. The Labute approximate surface area is 116 Å². The summed E-state index contributed by atoms with van der Waals surface area (Å²) in [5.74, 6) is -0.518. The molecule has 100 valence electrons. The quantitative estimate of drug-likeness (QED) is 0.859. The fraction of sp³-hybridized carbons (Fsp3) is 0.125. The number of hydrogen-bond donors (Lipinski definition) is 0. The van der Waals surface area contributed by atoms with Crippen molar-refractivity contribution in [1.82, 2.24) is 0 Å². The Morgan fingerprint density at radius 1 is 1.25 bits per heavy atom. The lowest BCUT2D eigenvalue weighted by molar-refractivity contribution is -0.117. The number of rotatable bonds is 3. The summed E-state index contributed by atoms with van der Waals surface area (Å²) in [7, 11) is 1.64. The normalized spacial score (nSPS) is 9.85. The first-order chi connectivity index (χ1) is 9.60. The van der Waals surface area contributed by atoms with E-state index < -0.39 is 0 Å². The van der Waals surface area contributed by atoms with Crippen LogP contribution in [0.15, 0.2) is 48.5 Å². The molecular weight excluding hydrogens is 255 g/mol. The molecule has 0 aromatic heterocycles. The van der Waals surface area contributed by atoms with Crippen molar-refractivity contribution in [3.63, 3.8) is 0 Å². The molecule has 0 aliphatic carbocycles. The molecule has 0 unspecified atom stereocenters. The van der Waals surface area contributed by atoms with E-state index in [0.29, 0.717) is 16.8 Å². The number of nitrogens with zero attached hydrogens (tertiary/aromatic N) is 2. The van der Waals surface area contributed by atoms with Crippen molar-refractivity contribution < 1.29 is 9.18 Å². The van der Waals surface area contributed by atoms with E-state index in [9.17, 15) is 9.18 Å². The van der Waals surface area contributed by atoms with Gasteiger partial charge in [-0.25, -0.2) is 4.39 Å². The van der Waals surface area contributed by atoms with Gasteiger partial charge in [0, 0.05) is 12.7 Å². The van der Waals surface area contributed by atoms with Gasteiger partial charge in [-0.05, 0) is 35.9 Å². The zero-order valence-corrected chi connectivity index (χ0v) is 11.0. The fourth-order valence-electron chi connectivity index (χ4n) is 1.87. The highest BCUT2D eigenvalue weighted by molar-refractivity contribution is 5.94. The third-order valence-electron chi connectivity index (χ3n) is 2.98. The van der Waals surface area contributed by atoms with Crippen molar-refractivity contribution >= 4 is 11.6 Å². The lowest BCUT2D eigenvalue weighted by atomic mass is 10.1. The van der Waals surface area contributed by atoms with Crippen LogP contribution in [0.4, 0.5) is 10.1 Å². The van der Waals surface area contributed by atoms with Gasteiger partial charge in [-0.1, -0.05) is 18.2 Å². The van der Waals surface area contributed by atoms with Gasteiger partial charge in [0.15, 0.2) is 0 Å². The molecule has 2 aromatic rings. The number of halogens is 1. The maximum absolute atomic E-state index is 13.1. The van der Waals surface area contributed by atoms with E-state index >= 15 is 0 Å². The molecule has 0 saturated heterocycles. The summed E-state index contributed by atoms with van der Waals surface area (Å²) in [5.41, 5.74) is 1.76. The lowest BCUT2D eigenvalue weighted by Crippen LogP contribution is -2.27. The largest absolute Gasteiger partial charge is 0.315 e. The van der Waals surface area contributed by atoms with E-state index in [0.717, 1.165) is 0 Å². The highest BCUT2D eigenvalue weighted by Crippen LogP contribution is 2.16. The van der Waals surface area contributed by atoms with Crippen LogP contribution >= 0.6 is 0 Å².